The summed E-state index contributed by atoms with van der Waals surface area (Å²) in [6.07, 6.45) is 0. The maximum absolute atomic E-state index is 12.8. The van der Waals surface area contributed by atoms with Crippen molar-refractivity contribution in [3.63, 3.8) is 0 Å². The van der Waals surface area contributed by atoms with Crippen LogP contribution in [0.1, 0.15) is 35.7 Å². The van der Waals surface area contributed by atoms with Gasteiger partial charge in [0.05, 0.1) is 15.5 Å². The second-order valence-electron chi connectivity index (χ2n) is 6.81. The number of rotatable bonds is 6. The Balaban J connectivity index is 1.87. The van der Waals surface area contributed by atoms with Gasteiger partial charge in [0.25, 0.3) is 15.9 Å². The van der Waals surface area contributed by atoms with E-state index in [9.17, 15) is 13.2 Å². The molecular formula is C22H21ClN2O3S. The van der Waals surface area contributed by atoms with E-state index in [4.69, 9.17) is 11.6 Å². The van der Waals surface area contributed by atoms with Gasteiger partial charge in [-0.15, -0.1) is 0 Å². The number of amides is 1. The molecule has 0 spiro atoms. The maximum atomic E-state index is 12.8. The van der Waals surface area contributed by atoms with Crippen LogP contribution in [-0.4, -0.2) is 14.3 Å². The minimum Gasteiger partial charge on any atom is -0.322 e. The highest BCUT2D eigenvalue weighted by atomic mass is 35.5. The van der Waals surface area contributed by atoms with E-state index in [2.05, 4.69) is 10.0 Å². The molecule has 0 bridgehead atoms. The smallest absolute Gasteiger partial charge is 0.261 e. The molecule has 3 rings (SSSR count). The Bertz CT molecular complexity index is 1130. The van der Waals surface area contributed by atoms with E-state index >= 15 is 0 Å². The van der Waals surface area contributed by atoms with Crippen LogP contribution in [0.25, 0.3) is 0 Å². The molecule has 0 fully saturated rings. The fourth-order valence-corrected chi connectivity index (χ4v) is 4.15. The summed E-state index contributed by atoms with van der Waals surface area (Å²) in [5.41, 5.74) is 2.12. The van der Waals surface area contributed by atoms with Crippen LogP contribution in [0.3, 0.4) is 0 Å². The minimum atomic E-state index is -3.77. The second kappa shape index (κ2) is 8.68. The number of para-hydroxylation sites is 1. The highest BCUT2D eigenvalue weighted by molar-refractivity contribution is 7.92. The van der Waals surface area contributed by atoms with E-state index in [-0.39, 0.29) is 27.1 Å². The van der Waals surface area contributed by atoms with Crippen LogP contribution in [0, 0.1) is 0 Å². The third-order valence-electron chi connectivity index (χ3n) is 4.35. The summed E-state index contributed by atoms with van der Waals surface area (Å²) < 4.78 is 27.6. The number of hydrogen-bond acceptors (Lipinski definition) is 3. The molecule has 1 amide bonds. The van der Waals surface area contributed by atoms with Gasteiger partial charge >= 0.3 is 0 Å². The Labute approximate surface area is 175 Å². The average molecular weight is 429 g/mol. The molecule has 0 saturated heterocycles. The van der Waals surface area contributed by atoms with Crippen molar-refractivity contribution in [2.75, 3.05) is 10.0 Å². The van der Waals surface area contributed by atoms with Crippen molar-refractivity contribution in [3.05, 3.63) is 88.9 Å². The predicted octanol–water partition coefficient (Wildman–Crippen LogP) is 5.52. The zero-order chi connectivity index (χ0) is 21.0. The van der Waals surface area contributed by atoms with Gasteiger partial charge in [-0.25, -0.2) is 8.42 Å². The Kier molecular flexibility index (Phi) is 6.25. The van der Waals surface area contributed by atoms with Crippen molar-refractivity contribution in [3.8, 4) is 0 Å². The lowest BCUT2D eigenvalue weighted by Crippen LogP contribution is -2.16. The van der Waals surface area contributed by atoms with E-state index < -0.39 is 15.9 Å². The largest absolute Gasteiger partial charge is 0.322 e. The molecule has 0 aliphatic heterocycles. The first-order valence-electron chi connectivity index (χ1n) is 9.05. The normalized spacial score (nSPS) is 11.3. The molecular weight excluding hydrogens is 408 g/mol. The van der Waals surface area contributed by atoms with Crippen LogP contribution < -0.4 is 10.0 Å². The first-order chi connectivity index (χ1) is 13.8. The Morgan fingerprint density at radius 3 is 2.28 bits per heavy atom. The van der Waals surface area contributed by atoms with Crippen molar-refractivity contribution in [2.45, 2.75) is 24.7 Å². The number of carbonyl (C=O) groups excluding carboxylic acids is 1. The van der Waals surface area contributed by atoms with Crippen molar-refractivity contribution in [2.24, 2.45) is 0 Å². The zero-order valence-electron chi connectivity index (χ0n) is 16.0. The lowest BCUT2D eigenvalue weighted by molar-refractivity contribution is 0.102. The molecule has 3 aromatic carbocycles. The van der Waals surface area contributed by atoms with Gasteiger partial charge in [0.2, 0.25) is 0 Å². The summed E-state index contributed by atoms with van der Waals surface area (Å²) in [5.74, 6) is -0.185. The fourth-order valence-electron chi connectivity index (χ4n) is 2.88. The minimum absolute atomic E-state index is 0.131. The molecule has 5 nitrogen and oxygen atoms in total. The summed E-state index contributed by atoms with van der Waals surface area (Å²) in [6.45, 7) is 4.08. The first-order valence-corrected chi connectivity index (χ1v) is 10.9. The first kappa shape index (κ1) is 20.9. The number of nitrogens with one attached hydrogen (secondary N) is 2. The lowest BCUT2D eigenvalue weighted by Gasteiger charge is -2.15. The molecule has 0 aliphatic carbocycles. The van der Waals surface area contributed by atoms with E-state index in [1.807, 2.05) is 38.1 Å². The Morgan fingerprint density at radius 2 is 1.59 bits per heavy atom. The van der Waals surface area contributed by atoms with Crippen LogP contribution in [0.5, 0.6) is 0 Å². The SMILES string of the molecule is CC(C)c1ccccc1NC(=O)c1cc(NS(=O)(=O)c2ccccc2)ccc1Cl. The fraction of sp³-hybridized carbons (Fsp3) is 0.136. The summed E-state index contributed by atoms with van der Waals surface area (Å²) >= 11 is 6.21. The number of benzene rings is 3. The molecule has 0 atom stereocenters. The van der Waals surface area contributed by atoms with Crippen molar-refractivity contribution in [1.82, 2.24) is 0 Å². The summed E-state index contributed by atoms with van der Waals surface area (Å²) in [6, 6.07) is 20.0. The van der Waals surface area contributed by atoms with Gasteiger partial charge in [0.1, 0.15) is 0 Å². The summed E-state index contributed by atoms with van der Waals surface area (Å²) in [5, 5.41) is 3.10. The van der Waals surface area contributed by atoms with E-state index in [0.717, 1.165) is 5.56 Å². The molecule has 0 heterocycles. The summed E-state index contributed by atoms with van der Waals surface area (Å²) in [4.78, 5) is 13.0. The third kappa shape index (κ3) is 4.96. The molecule has 2 N–H and O–H groups in total. The van der Waals surface area contributed by atoms with Crippen LogP contribution >= 0.6 is 11.6 Å². The van der Waals surface area contributed by atoms with Gasteiger partial charge in [-0.1, -0.05) is 61.8 Å². The molecule has 0 aliphatic rings. The van der Waals surface area contributed by atoms with Crippen LogP contribution in [0.4, 0.5) is 11.4 Å². The molecule has 150 valence electrons. The van der Waals surface area contributed by atoms with Gasteiger partial charge in [0.15, 0.2) is 0 Å². The van der Waals surface area contributed by atoms with Gasteiger partial charge in [-0.3, -0.25) is 9.52 Å². The second-order valence-corrected chi connectivity index (χ2v) is 8.90. The number of anilines is 2. The summed E-state index contributed by atoms with van der Waals surface area (Å²) in [7, 11) is -3.77. The number of halogens is 1. The van der Waals surface area contributed by atoms with Gasteiger partial charge < -0.3 is 5.32 Å². The predicted molar refractivity (Wildman–Crippen MR) is 117 cm³/mol. The van der Waals surface area contributed by atoms with Gasteiger partial charge in [0, 0.05) is 11.4 Å². The Morgan fingerprint density at radius 1 is 0.931 bits per heavy atom. The number of hydrogen-bond donors (Lipinski definition) is 2. The number of sulfonamides is 1. The van der Waals surface area contributed by atoms with Crippen LogP contribution in [0.2, 0.25) is 5.02 Å². The number of carbonyl (C=O) groups is 1. The van der Waals surface area contributed by atoms with Crippen molar-refractivity contribution < 1.29 is 13.2 Å². The van der Waals surface area contributed by atoms with E-state index in [1.165, 1.54) is 30.3 Å². The monoisotopic (exact) mass is 428 g/mol. The quantitative estimate of drug-likeness (QED) is 0.543. The average Bonchev–Trinajstić information content (AvgIpc) is 2.70. The van der Waals surface area contributed by atoms with Crippen molar-refractivity contribution in [1.29, 1.82) is 0 Å². The topological polar surface area (TPSA) is 75.3 Å². The highest BCUT2D eigenvalue weighted by Gasteiger charge is 2.17. The zero-order valence-corrected chi connectivity index (χ0v) is 17.6. The molecule has 0 unspecified atom stereocenters. The third-order valence-corrected chi connectivity index (χ3v) is 6.07. The van der Waals surface area contributed by atoms with E-state index in [0.29, 0.717) is 5.69 Å². The molecule has 3 aromatic rings. The highest BCUT2D eigenvalue weighted by Crippen LogP contribution is 2.27. The Hall–Kier alpha value is -2.83. The molecule has 0 radical (unpaired) electrons. The molecule has 0 aromatic heterocycles. The van der Waals surface area contributed by atoms with Gasteiger partial charge in [-0.05, 0) is 47.9 Å². The van der Waals surface area contributed by atoms with Crippen molar-refractivity contribution >= 4 is 38.9 Å². The molecule has 7 heteroatoms. The van der Waals surface area contributed by atoms with Gasteiger partial charge in [-0.2, -0.15) is 0 Å². The molecule has 0 saturated carbocycles. The maximum Gasteiger partial charge on any atom is 0.261 e. The molecule has 29 heavy (non-hydrogen) atoms. The van der Waals surface area contributed by atoms with Crippen LogP contribution in [-0.2, 0) is 10.0 Å². The van der Waals surface area contributed by atoms with Crippen LogP contribution in [0.15, 0.2) is 77.7 Å². The lowest BCUT2D eigenvalue weighted by atomic mass is 10.0. The van der Waals surface area contributed by atoms with E-state index in [1.54, 1.807) is 18.2 Å². The standard InChI is InChI=1S/C22H21ClN2O3S/c1-15(2)18-10-6-7-11-21(18)24-22(26)19-14-16(12-13-20(19)23)25-29(27,28)17-8-4-3-5-9-17/h3-15,25H,1-2H3,(H,24,26).